The number of hydrogen-bond acceptors (Lipinski definition) is 5. The number of ether oxygens (including phenoxy) is 2. The van der Waals surface area contributed by atoms with Crippen LogP contribution in [-0.4, -0.2) is 34.0 Å². The van der Waals surface area contributed by atoms with E-state index >= 15 is 0 Å². The Balaban J connectivity index is 1.72. The zero-order chi connectivity index (χ0) is 23.9. The number of carbonyl (C=O) groups excluding carboxylic acids is 2. The maximum absolute atomic E-state index is 13.3. The first kappa shape index (κ1) is 22.7. The van der Waals surface area contributed by atoms with Crippen LogP contribution in [-0.2, 0) is 9.53 Å². The zero-order valence-electron chi connectivity index (χ0n) is 18.0. The Hall–Kier alpha value is -3.49. The Labute approximate surface area is 187 Å². The van der Waals surface area contributed by atoms with Crippen molar-refractivity contribution in [3.8, 4) is 11.5 Å². The lowest BCUT2D eigenvalue weighted by molar-refractivity contribution is -0.274. The molecule has 0 spiro atoms. The summed E-state index contributed by atoms with van der Waals surface area (Å²) in [5, 5.41) is 10.6. The first-order valence-electron chi connectivity index (χ1n) is 10.5. The molecule has 33 heavy (non-hydrogen) atoms. The number of fused-ring (bicyclic) bond motifs is 1. The van der Waals surface area contributed by atoms with Gasteiger partial charge in [0.05, 0.1) is 11.4 Å². The fraction of sp³-hybridized carbons (Fsp3) is 0.333. The smallest absolute Gasteiger partial charge is 0.508 e. The fourth-order valence-corrected chi connectivity index (χ4v) is 4.04. The Morgan fingerprint density at radius 2 is 1.79 bits per heavy atom. The van der Waals surface area contributed by atoms with Crippen molar-refractivity contribution in [1.29, 1.82) is 0 Å². The summed E-state index contributed by atoms with van der Waals surface area (Å²) < 4.78 is 48.1. The van der Waals surface area contributed by atoms with Gasteiger partial charge in [-0.1, -0.05) is 0 Å². The molecule has 0 aliphatic heterocycles. The summed E-state index contributed by atoms with van der Waals surface area (Å²) in [6.45, 7) is 3.36. The fourth-order valence-electron chi connectivity index (χ4n) is 4.04. The number of aromatic nitrogens is 1. The van der Waals surface area contributed by atoms with E-state index in [1.165, 1.54) is 28.8 Å². The second-order valence-electron chi connectivity index (χ2n) is 8.12. The van der Waals surface area contributed by atoms with Gasteiger partial charge in [-0.05, 0) is 81.1 Å². The molecule has 1 saturated carbocycles. The average molecular weight is 461 g/mol. The number of benzene rings is 2. The molecule has 0 amide bonds. The van der Waals surface area contributed by atoms with Gasteiger partial charge in [0, 0.05) is 16.6 Å². The van der Waals surface area contributed by atoms with Crippen molar-refractivity contribution in [2.45, 2.75) is 51.5 Å². The number of rotatable bonds is 5. The zero-order valence-corrected chi connectivity index (χ0v) is 18.0. The lowest BCUT2D eigenvalue weighted by Crippen LogP contribution is -2.27. The Kier molecular flexibility index (Phi) is 5.82. The molecule has 6 nitrogen and oxygen atoms in total. The van der Waals surface area contributed by atoms with E-state index in [9.17, 15) is 27.9 Å². The maximum atomic E-state index is 13.3. The minimum absolute atomic E-state index is 0.0263. The highest BCUT2D eigenvalue weighted by Gasteiger charge is 2.32. The van der Waals surface area contributed by atoms with Crippen molar-refractivity contribution in [2.24, 2.45) is 0 Å². The van der Waals surface area contributed by atoms with Crippen molar-refractivity contribution in [3.63, 3.8) is 0 Å². The predicted molar refractivity (Wildman–Crippen MR) is 113 cm³/mol. The summed E-state index contributed by atoms with van der Waals surface area (Å²) in [4.78, 5) is 26.1. The van der Waals surface area contributed by atoms with Gasteiger partial charge in [-0.2, -0.15) is 0 Å². The second kappa shape index (κ2) is 8.46. The third-order valence-corrected chi connectivity index (χ3v) is 5.90. The van der Waals surface area contributed by atoms with Crippen LogP contribution < -0.4 is 4.74 Å². The molecule has 1 atom stereocenters. The topological polar surface area (TPSA) is 77.8 Å². The monoisotopic (exact) mass is 461 g/mol. The first-order valence-corrected chi connectivity index (χ1v) is 10.5. The number of nitrogens with zero attached hydrogens (tertiary/aromatic N) is 1. The maximum Gasteiger partial charge on any atom is 0.573 e. The predicted octanol–water partition coefficient (Wildman–Crippen LogP) is 5.44. The summed E-state index contributed by atoms with van der Waals surface area (Å²) in [6.07, 6.45) is -2.26. The van der Waals surface area contributed by atoms with E-state index in [-0.39, 0.29) is 17.4 Å². The lowest BCUT2D eigenvalue weighted by atomic mass is 9.94. The number of halogens is 3. The summed E-state index contributed by atoms with van der Waals surface area (Å²) in [5.74, 6) is -2.06. The molecule has 1 aliphatic rings. The number of phenols is 1. The molecule has 4 rings (SSSR count). The van der Waals surface area contributed by atoms with Crippen LogP contribution in [0.15, 0.2) is 42.5 Å². The second-order valence-corrected chi connectivity index (χ2v) is 8.12. The molecule has 0 saturated heterocycles. The number of alkyl halides is 3. The van der Waals surface area contributed by atoms with Crippen LogP contribution in [0, 0.1) is 6.92 Å². The van der Waals surface area contributed by atoms with Crippen molar-refractivity contribution < 1.29 is 37.3 Å². The van der Waals surface area contributed by atoms with Crippen LogP contribution in [0.3, 0.4) is 0 Å². The summed E-state index contributed by atoms with van der Waals surface area (Å²) in [6, 6.07) is 9.07. The van der Waals surface area contributed by atoms with Gasteiger partial charge >= 0.3 is 12.3 Å². The Morgan fingerprint density at radius 3 is 2.36 bits per heavy atom. The summed E-state index contributed by atoms with van der Waals surface area (Å²) in [7, 11) is 0. The quantitative estimate of drug-likeness (QED) is 0.512. The van der Waals surface area contributed by atoms with Gasteiger partial charge in [-0.3, -0.25) is 14.2 Å². The van der Waals surface area contributed by atoms with E-state index in [1.807, 2.05) is 0 Å². The van der Waals surface area contributed by atoms with Crippen LogP contribution in [0.25, 0.3) is 10.9 Å². The Bertz CT molecular complexity index is 1210. The first-order chi connectivity index (χ1) is 15.5. The molecule has 0 bridgehead atoms. The SMILES string of the molecule is Cc1c(C(C)C(=O)OC2CCC2)c2cc(O)ccc2n1C(=O)c1ccc(OC(F)(F)F)cc1. The molecule has 0 radical (unpaired) electrons. The molecular weight excluding hydrogens is 439 g/mol. The molecule has 9 heteroatoms. The molecule has 1 aliphatic carbocycles. The largest absolute Gasteiger partial charge is 0.573 e. The molecule has 1 fully saturated rings. The summed E-state index contributed by atoms with van der Waals surface area (Å²) in [5.41, 5.74) is 1.63. The van der Waals surface area contributed by atoms with E-state index < -0.39 is 29.9 Å². The van der Waals surface area contributed by atoms with Crippen molar-refractivity contribution >= 4 is 22.8 Å². The van der Waals surface area contributed by atoms with Gasteiger partial charge in [0.2, 0.25) is 0 Å². The van der Waals surface area contributed by atoms with Gasteiger partial charge in [0.1, 0.15) is 17.6 Å². The van der Waals surface area contributed by atoms with Crippen LogP contribution in [0.1, 0.15) is 53.7 Å². The van der Waals surface area contributed by atoms with Crippen molar-refractivity contribution in [2.75, 3.05) is 0 Å². The highest BCUT2D eigenvalue weighted by atomic mass is 19.4. The van der Waals surface area contributed by atoms with Crippen molar-refractivity contribution in [1.82, 2.24) is 4.57 Å². The number of esters is 1. The van der Waals surface area contributed by atoms with Crippen LogP contribution >= 0.6 is 0 Å². The van der Waals surface area contributed by atoms with Gasteiger partial charge in [0.25, 0.3) is 5.91 Å². The van der Waals surface area contributed by atoms with E-state index in [0.717, 1.165) is 31.4 Å². The van der Waals surface area contributed by atoms with E-state index in [2.05, 4.69) is 4.74 Å². The molecule has 1 unspecified atom stereocenters. The summed E-state index contributed by atoms with van der Waals surface area (Å²) >= 11 is 0. The highest BCUT2D eigenvalue weighted by molar-refractivity contribution is 6.05. The minimum atomic E-state index is -4.83. The van der Waals surface area contributed by atoms with Crippen LogP contribution in [0.2, 0.25) is 0 Å². The van der Waals surface area contributed by atoms with Gasteiger partial charge in [-0.25, -0.2) is 0 Å². The lowest BCUT2D eigenvalue weighted by Gasteiger charge is -2.26. The van der Waals surface area contributed by atoms with Gasteiger partial charge in [-0.15, -0.1) is 13.2 Å². The number of aromatic hydroxyl groups is 1. The third-order valence-electron chi connectivity index (χ3n) is 5.90. The van der Waals surface area contributed by atoms with E-state index in [1.54, 1.807) is 19.9 Å². The van der Waals surface area contributed by atoms with Crippen LogP contribution in [0.4, 0.5) is 13.2 Å². The van der Waals surface area contributed by atoms with Crippen LogP contribution in [0.5, 0.6) is 11.5 Å². The van der Waals surface area contributed by atoms with E-state index in [4.69, 9.17) is 4.74 Å². The number of hydrogen-bond donors (Lipinski definition) is 1. The number of carbonyl (C=O) groups is 2. The highest BCUT2D eigenvalue weighted by Crippen LogP contribution is 2.36. The van der Waals surface area contributed by atoms with E-state index in [0.29, 0.717) is 22.2 Å². The minimum Gasteiger partial charge on any atom is -0.508 e. The molecule has 1 heterocycles. The normalized spacial score (nSPS) is 15.2. The standard InChI is InChI=1S/C24H22F3NO5/c1-13(23(31)32-17-4-3-5-17)21-14(2)28(20-11-8-16(29)12-19(20)21)22(30)15-6-9-18(10-7-15)33-24(25,26)27/h6-13,17,29H,3-5H2,1-2H3. The Morgan fingerprint density at radius 1 is 1.12 bits per heavy atom. The number of phenolic OH excluding ortho intramolecular Hbond substituents is 1. The molecule has 1 aromatic heterocycles. The molecular formula is C24H22F3NO5. The molecule has 1 N–H and O–H groups in total. The molecule has 174 valence electrons. The van der Waals surface area contributed by atoms with Gasteiger partial charge < -0.3 is 14.6 Å². The van der Waals surface area contributed by atoms with Gasteiger partial charge in [0.15, 0.2) is 0 Å². The average Bonchev–Trinajstić information content (AvgIpc) is 2.99. The van der Waals surface area contributed by atoms with Crippen molar-refractivity contribution in [3.05, 3.63) is 59.3 Å². The molecule has 3 aromatic rings. The molecule has 2 aromatic carbocycles. The third kappa shape index (κ3) is 4.53.